The van der Waals surface area contributed by atoms with Crippen molar-refractivity contribution in [2.75, 3.05) is 6.54 Å². The molecule has 0 aromatic heterocycles. The molecule has 1 aromatic carbocycles. The Kier molecular flexibility index (Phi) is 2.60. The van der Waals surface area contributed by atoms with Gasteiger partial charge in [0, 0.05) is 6.04 Å². The summed E-state index contributed by atoms with van der Waals surface area (Å²) >= 11 is 0. The number of nitrogens with one attached hydrogen (secondary N) is 1. The predicted molar refractivity (Wildman–Crippen MR) is 51.3 cm³/mol. The van der Waals surface area contributed by atoms with Crippen molar-refractivity contribution in [3.8, 4) is 0 Å². The van der Waals surface area contributed by atoms with Gasteiger partial charge in [0.2, 0.25) is 0 Å². The van der Waals surface area contributed by atoms with Crippen LogP contribution < -0.4 is 5.32 Å². The molecule has 2 unspecified atom stereocenters. The fourth-order valence-corrected chi connectivity index (χ4v) is 1.83. The molecule has 13 heavy (non-hydrogen) atoms. The van der Waals surface area contributed by atoms with Crippen LogP contribution >= 0.6 is 0 Å². The van der Waals surface area contributed by atoms with E-state index in [1.54, 1.807) is 0 Å². The third-order valence-corrected chi connectivity index (χ3v) is 2.57. The topological polar surface area (TPSA) is 12.0 Å². The molecule has 0 spiro atoms. The van der Waals surface area contributed by atoms with Gasteiger partial charge in [-0.05, 0) is 24.9 Å². The Morgan fingerprint density at radius 1 is 1.31 bits per heavy atom. The summed E-state index contributed by atoms with van der Waals surface area (Å²) in [6.45, 7) is 0.956. The minimum absolute atomic E-state index is 0.0300. The van der Waals surface area contributed by atoms with Crippen LogP contribution in [0.2, 0.25) is 0 Å². The molecule has 1 fully saturated rings. The van der Waals surface area contributed by atoms with Crippen LogP contribution in [0.4, 0.5) is 4.39 Å². The van der Waals surface area contributed by atoms with E-state index in [0.717, 1.165) is 24.9 Å². The normalized spacial score (nSPS) is 24.5. The molecule has 1 saturated heterocycles. The van der Waals surface area contributed by atoms with E-state index >= 15 is 0 Å². The first-order valence-electron chi connectivity index (χ1n) is 4.80. The second kappa shape index (κ2) is 3.88. The lowest BCUT2D eigenvalue weighted by atomic mass is 10.0. The summed E-state index contributed by atoms with van der Waals surface area (Å²) in [5, 5.41) is 3.18. The lowest BCUT2D eigenvalue weighted by Crippen LogP contribution is -2.26. The smallest absolute Gasteiger partial charge is 0.140 e. The van der Waals surface area contributed by atoms with E-state index in [0.29, 0.717) is 0 Å². The van der Waals surface area contributed by atoms with Gasteiger partial charge in [0.15, 0.2) is 0 Å². The van der Waals surface area contributed by atoms with Crippen LogP contribution in [0.5, 0.6) is 0 Å². The molecule has 1 N–H and O–H groups in total. The summed E-state index contributed by atoms with van der Waals surface area (Å²) in [4.78, 5) is 0. The van der Waals surface area contributed by atoms with Gasteiger partial charge in [0.25, 0.3) is 0 Å². The molecule has 2 rings (SSSR count). The number of alkyl halides is 1. The summed E-state index contributed by atoms with van der Waals surface area (Å²) in [5.74, 6) is 0. The highest BCUT2D eigenvalue weighted by molar-refractivity contribution is 5.19. The number of hydrogen-bond donors (Lipinski definition) is 1. The SMILES string of the molecule is FC(c1ccccc1)C1CCCN1. The Bertz CT molecular complexity index is 254. The van der Waals surface area contributed by atoms with E-state index in [1.807, 2.05) is 30.3 Å². The molecule has 70 valence electrons. The Hall–Kier alpha value is -0.890. The quantitative estimate of drug-likeness (QED) is 0.735. The van der Waals surface area contributed by atoms with Gasteiger partial charge in [-0.1, -0.05) is 30.3 Å². The number of benzene rings is 1. The molecule has 0 radical (unpaired) electrons. The molecule has 2 atom stereocenters. The van der Waals surface area contributed by atoms with E-state index < -0.39 is 6.17 Å². The summed E-state index contributed by atoms with van der Waals surface area (Å²) in [6, 6.07) is 9.42. The second-order valence-corrected chi connectivity index (χ2v) is 3.52. The van der Waals surface area contributed by atoms with E-state index in [2.05, 4.69) is 5.32 Å². The number of hydrogen-bond acceptors (Lipinski definition) is 1. The first-order valence-corrected chi connectivity index (χ1v) is 4.80. The van der Waals surface area contributed by atoms with Gasteiger partial charge in [0.1, 0.15) is 6.17 Å². The van der Waals surface area contributed by atoms with Gasteiger partial charge in [-0.25, -0.2) is 4.39 Å². The minimum atomic E-state index is -0.844. The van der Waals surface area contributed by atoms with Crippen molar-refractivity contribution < 1.29 is 4.39 Å². The average Bonchev–Trinajstić information content (AvgIpc) is 2.71. The summed E-state index contributed by atoms with van der Waals surface area (Å²) in [5.41, 5.74) is 0.793. The number of halogens is 1. The maximum atomic E-state index is 13.8. The van der Waals surface area contributed by atoms with Crippen LogP contribution in [0.1, 0.15) is 24.6 Å². The molecule has 1 aliphatic rings. The fraction of sp³-hybridized carbons (Fsp3) is 0.455. The van der Waals surface area contributed by atoms with Crippen LogP contribution in [0.3, 0.4) is 0 Å². The van der Waals surface area contributed by atoms with E-state index in [4.69, 9.17) is 0 Å². The monoisotopic (exact) mass is 179 g/mol. The molecule has 1 heterocycles. The second-order valence-electron chi connectivity index (χ2n) is 3.52. The van der Waals surface area contributed by atoms with Gasteiger partial charge < -0.3 is 5.32 Å². The molecular formula is C11H14FN. The Balaban J connectivity index is 2.08. The van der Waals surface area contributed by atoms with Gasteiger partial charge in [-0.2, -0.15) is 0 Å². The molecule has 2 heteroatoms. The average molecular weight is 179 g/mol. The van der Waals surface area contributed by atoms with Crippen LogP contribution in [0, 0.1) is 0 Å². The van der Waals surface area contributed by atoms with E-state index in [1.165, 1.54) is 0 Å². The lowest BCUT2D eigenvalue weighted by Gasteiger charge is -2.15. The summed E-state index contributed by atoms with van der Waals surface area (Å²) in [7, 11) is 0. The minimum Gasteiger partial charge on any atom is -0.311 e. The zero-order chi connectivity index (χ0) is 9.10. The van der Waals surface area contributed by atoms with Crippen molar-refractivity contribution in [2.45, 2.75) is 25.1 Å². The van der Waals surface area contributed by atoms with E-state index in [9.17, 15) is 4.39 Å². The molecule has 1 aliphatic heterocycles. The highest BCUT2D eigenvalue weighted by Gasteiger charge is 2.24. The molecule has 0 aliphatic carbocycles. The summed E-state index contributed by atoms with van der Waals surface area (Å²) < 4.78 is 13.8. The van der Waals surface area contributed by atoms with Crippen molar-refractivity contribution in [3.05, 3.63) is 35.9 Å². The van der Waals surface area contributed by atoms with Crippen LogP contribution in [-0.4, -0.2) is 12.6 Å². The van der Waals surface area contributed by atoms with Crippen molar-refractivity contribution >= 4 is 0 Å². The van der Waals surface area contributed by atoms with E-state index in [-0.39, 0.29) is 6.04 Å². The van der Waals surface area contributed by atoms with Gasteiger partial charge >= 0.3 is 0 Å². The lowest BCUT2D eigenvalue weighted by molar-refractivity contribution is 0.271. The third kappa shape index (κ3) is 1.89. The van der Waals surface area contributed by atoms with Gasteiger partial charge in [-0.15, -0.1) is 0 Å². The maximum Gasteiger partial charge on any atom is 0.140 e. The molecular weight excluding hydrogens is 165 g/mol. The Labute approximate surface area is 78.0 Å². The third-order valence-electron chi connectivity index (χ3n) is 2.57. The summed E-state index contributed by atoms with van der Waals surface area (Å²) in [6.07, 6.45) is 1.21. The van der Waals surface area contributed by atoms with Crippen LogP contribution in [0.25, 0.3) is 0 Å². The standard InChI is InChI=1S/C11H14FN/c12-11(10-7-4-8-13-10)9-5-2-1-3-6-9/h1-3,5-6,10-11,13H,4,7-8H2. The largest absolute Gasteiger partial charge is 0.311 e. The first kappa shape index (κ1) is 8.70. The van der Waals surface area contributed by atoms with Crippen molar-refractivity contribution in [3.63, 3.8) is 0 Å². The van der Waals surface area contributed by atoms with Crippen LogP contribution in [-0.2, 0) is 0 Å². The molecule has 0 bridgehead atoms. The van der Waals surface area contributed by atoms with Crippen molar-refractivity contribution in [2.24, 2.45) is 0 Å². The van der Waals surface area contributed by atoms with Gasteiger partial charge in [-0.3, -0.25) is 0 Å². The Morgan fingerprint density at radius 2 is 2.08 bits per heavy atom. The van der Waals surface area contributed by atoms with Crippen molar-refractivity contribution in [1.29, 1.82) is 0 Å². The highest BCUT2D eigenvalue weighted by Crippen LogP contribution is 2.26. The number of rotatable bonds is 2. The van der Waals surface area contributed by atoms with Gasteiger partial charge in [0.05, 0.1) is 0 Å². The molecule has 1 aromatic rings. The zero-order valence-electron chi connectivity index (χ0n) is 7.54. The van der Waals surface area contributed by atoms with Crippen molar-refractivity contribution in [1.82, 2.24) is 5.32 Å². The highest BCUT2D eigenvalue weighted by atomic mass is 19.1. The molecule has 1 nitrogen and oxygen atoms in total. The zero-order valence-corrected chi connectivity index (χ0v) is 7.54. The Morgan fingerprint density at radius 3 is 2.69 bits per heavy atom. The first-order chi connectivity index (χ1) is 6.38. The van der Waals surface area contributed by atoms with Crippen LogP contribution in [0.15, 0.2) is 30.3 Å². The molecule has 0 saturated carbocycles. The predicted octanol–water partition coefficient (Wildman–Crippen LogP) is 2.45. The molecule has 0 amide bonds. The fourth-order valence-electron chi connectivity index (χ4n) is 1.83. The maximum absolute atomic E-state index is 13.8.